The number of benzene rings is 1. The number of carboxylic acid groups (broad SMARTS) is 2. The van der Waals surface area contributed by atoms with Crippen molar-refractivity contribution in [2.45, 2.75) is 76.5 Å². The number of carbonyl (C=O) groups excluding carboxylic acids is 3. The number of aliphatic imine (C=N–C) groups is 1. The lowest BCUT2D eigenvalue weighted by molar-refractivity contribution is -0.142. The first-order valence-electron chi connectivity index (χ1n) is 13.1. The lowest BCUT2D eigenvalue weighted by Crippen LogP contribution is -2.57. The number of hydrogen-bond donors (Lipinski definition) is 9. The number of aromatic hydroxyl groups is 1. The summed E-state index contributed by atoms with van der Waals surface area (Å²) >= 11 is 0. The van der Waals surface area contributed by atoms with E-state index < -0.39 is 53.8 Å². The molecule has 0 heterocycles. The van der Waals surface area contributed by atoms with Gasteiger partial charge in [-0.1, -0.05) is 26.0 Å². The number of nitrogens with two attached hydrogens (primary N) is 3. The van der Waals surface area contributed by atoms with E-state index in [9.17, 15) is 34.2 Å². The predicted molar refractivity (Wildman–Crippen MR) is 149 cm³/mol. The number of nitrogens with zero attached hydrogens (tertiary/aromatic N) is 1. The maximum Gasteiger partial charge on any atom is 0.326 e. The van der Waals surface area contributed by atoms with Crippen molar-refractivity contribution in [2.75, 3.05) is 6.54 Å². The van der Waals surface area contributed by atoms with Gasteiger partial charge in [0, 0.05) is 19.4 Å². The average Bonchev–Trinajstić information content (AvgIpc) is 2.88. The van der Waals surface area contributed by atoms with Crippen LogP contribution in [-0.4, -0.2) is 81.7 Å². The molecule has 4 unspecified atom stereocenters. The van der Waals surface area contributed by atoms with Crippen molar-refractivity contribution in [3.05, 3.63) is 29.8 Å². The van der Waals surface area contributed by atoms with Gasteiger partial charge in [0.2, 0.25) is 17.7 Å². The van der Waals surface area contributed by atoms with Crippen molar-refractivity contribution in [2.24, 2.45) is 28.1 Å². The van der Waals surface area contributed by atoms with E-state index in [1.165, 1.54) is 24.3 Å². The van der Waals surface area contributed by atoms with E-state index in [1.807, 2.05) is 13.8 Å². The van der Waals surface area contributed by atoms with Gasteiger partial charge in [-0.2, -0.15) is 0 Å². The molecule has 0 aliphatic carbocycles. The summed E-state index contributed by atoms with van der Waals surface area (Å²) < 4.78 is 0. The zero-order valence-electron chi connectivity index (χ0n) is 23.2. The lowest BCUT2D eigenvalue weighted by atomic mass is 10.0. The second kappa shape index (κ2) is 17.3. The molecule has 15 heteroatoms. The van der Waals surface area contributed by atoms with E-state index in [2.05, 4.69) is 20.9 Å². The van der Waals surface area contributed by atoms with Crippen LogP contribution in [-0.2, 0) is 30.4 Å². The van der Waals surface area contributed by atoms with Crippen molar-refractivity contribution in [3.8, 4) is 5.75 Å². The Bertz CT molecular complexity index is 1070. The molecule has 12 N–H and O–H groups in total. The number of aliphatic carboxylic acids is 2. The molecule has 4 atom stereocenters. The molecule has 1 rings (SSSR count). The van der Waals surface area contributed by atoms with Gasteiger partial charge >= 0.3 is 11.9 Å². The minimum absolute atomic E-state index is 0.00663. The molecule has 0 aliphatic heterocycles. The molecule has 228 valence electrons. The quantitative estimate of drug-likeness (QED) is 0.0564. The molecule has 0 spiro atoms. The summed E-state index contributed by atoms with van der Waals surface area (Å²) in [6.07, 6.45) is -0.0672. The molecule has 41 heavy (non-hydrogen) atoms. The largest absolute Gasteiger partial charge is 0.508 e. The first-order valence-corrected chi connectivity index (χ1v) is 13.1. The minimum atomic E-state index is -1.32. The van der Waals surface area contributed by atoms with Crippen LogP contribution >= 0.6 is 0 Å². The summed E-state index contributed by atoms with van der Waals surface area (Å²) in [5.41, 5.74) is 17.0. The Morgan fingerprint density at radius 1 is 0.854 bits per heavy atom. The van der Waals surface area contributed by atoms with Crippen molar-refractivity contribution in [1.82, 2.24) is 16.0 Å². The van der Waals surface area contributed by atoms with Crippen LogP contribution in [0.15, 0.2) is 29.3 Å². The number of hydrogen-bond acceptors (Lipinski definition) is 8. The van der Waals surface area contributed by atoms with Crippen LogP contribution in [0.1, 0.15) is 51.5 Å². The van der Waals surface area contributed by atoms with Crippen LogP contribution in [0, 0.1) is 5.92 Å². The molecule has 0 fully saturated rings. The fourth-order valence-corrected chi connectivity index (χ4v) is 3.78. The third-order valence-corrected chi connectivity index (χ3v) is 5.92. The van der Waals surface area contributed by atoms with Crippen LogP contribution in [0.3, 0.4) is 0 Å². The number of carbonyl (C=O) groups is 5. The van der Waals surface area contributed by atoms with Crippen LogP contribution in [0.2, 0.25) is 0 Å². The van der Waals surface area contributed by atoms with Crippen LogP contribution < -0.4 is 33.2 Å². The zero-order chi connectivity index (χ0) is 31.1. The number of guanidine groups is 1. The fraction of sp³-hybridized carbons (Fsp3) is 0.538. The number of phenolic OH excluding ortho intramolecular Hbond substituents is 1. The Hall–Kier alpha value is -4.40. The van der Waals surface area contributed by atoms with Gasteiger partial charge < -0.3 is 48.5 Å². The maximum atomic E-state index is 13.3. The summed E-state index contributed by atoms with van der Waals surface area (Å²) in [7, 11) is 0. The predicted octanol–water partition coefficient (Wildman–Crippen LogP) is -1.23. The fourth-order valence-electron chi connectivity index (χ4n) is 3.78. The Labute approximate surface area is 237 Å². The number of amides is 3. The molecule has 0 saturated carbocycles. The molecule has 0 saturated heterocycles. The first-order chi connectivity index (χ1) is 19.2. The van der Waals surface area contributed by atoms with Gasteiger partial charge in [-0.25, -0.2) is 4.79 Å². The average molecular weight is 580 g/mol. The number of nitrogens with one attached hydrogen (secondary N) is 3. The molecule has 0 aromatic heterocycles. The highest BCUT2D eigenvalue weighted by molar-refractivity contribution is 5.94. The molecule has 0 aliphatic rings. The first kappa shape index (κ1) is 34.6. The van der Waals surface area contributed by atoms with E-state index in [1.54, 1.807) is 0 Å². The van der Waals surface area contributed by atoms with E-state index in [-0.39, 0.29) is 62.7 Å². The Morgan fingerprint density at radius 3 is 1.95 bits per heavy atom. The summed E-state index contributed by atoms with van der Waals surface area (Å²) in [4.78, 5) is 65.6. The van der Waals surface area contributed by atoms with Crippen LogP contribution in [0.5, 0.6) is 5.75 Å². The van der Waals surface area contributed by atoms with Crippen LogP contribution in [0.4, 0.5) is 0 Å². The molecule has 15 nitrogen and oxygen atoms in total. The SMILES string of the molecule is CC(C)CC(NC(=O)C(CCCN=C(N)N)NC(=O)C(N)CCC(=O)O)C(=O)NC(Cc1ccc(O)cc1)C(=O)O. The molecule has 1 aromatic carbocycles. The second-order valence-corrected chi connectivity index (χ2v) is 10.0. The molecule has 0 radical (unpaired) electrons. The lowest BCUT2D eigenvalue weighted by Gasteiger charge is -2.26. The highest BCUT2D eigenvalue weighted by Crippen LogP contribution is 2.13. The third-order valence-electron chi connectivity index (χ3n) is 5.92. The normalized spacial score (nSPS) is 13.8. The van der Waals surface area contributed by atoms with Crippen molar-refractivity contribution in [1.29, 1.82) is 0 Å². The van der Waals surface area contributed by atoms with Gasteiger partial charge in [-0.15, -0.1) is 0 Å². The topological polar surface area (TPSA) is 273 Å². The van der Waals surface area contributed by atoms with E-state index in [4.69, 9.17) is 22.3 Å². The van der Waals surface area contributed by atoms with Crippen LogP contribution in [0.25, 0.3) is 0 Å². The summed E-state index contributed by atoms with van der Waals surface area (Å²) in [5.74, 6) is -4.86. The van der Waals surface area contributed by atoms with Gasteiger partial charge in [0.25, 0.3) is 0 Å². The Balaban J connectivity index is 3.05. The summed E-state index contributed by atoms with van der Waals surface area (Å²) in [6, 6.07) is 1.04. The standard InChI is InChI=1S/C26H41N7O8/c1-14(2)12-19(24(39)33-20(25(40)41)13-15-5-7-16(34)8-6-15)32-23(38)18(4-3-11-30-26(28)29)31-22(37)17(27)9-10-21(35)36/h5-8,14,17-20,34H,3-4,9-13,27H2,1-2H3,(H,31,37)(H,32,38)(H,33,39)(H,35,36)(H,40,41)(H4,28,29,30). The molecule has 1 aromatic rings. The summed E-state index contributed by atoms with van der Waals surface area (Å²) in [6.45, 7) is 3.78. The van der Waals surface area contributed by atoms with Gasteiger partial charge in [-0.3, -0.25) is 24.2 Å². The van der Waals surface area contributed by atoms with E-state index >= 15 is 0 Å². The zero-order valence-corrected chi connectivity index (χ0v) is 23.2. The van der Waals surface area contributed by atoms with E-state index in [0.717, 1.165) is 0 Å². The monoisotopic (exact) mass is 579 g/mol. The Morgan fingerprint density at radius 2 is 1.41 bits per heavy atom. The number of phenols is 1. The van der Waals surface area contributed by atoms with E-state index in [0.29, 0.717) is 5.56 Å². The minimum Gasteiger partial charge on any atom is -0.508 e. The summed E-state index contributed by atoms with van der Waals surface area (Å²) in [5, 5.41) is 35.5. The number of carboxylic acids is 2. The molecular weight excluding hydrogens is 538 g/mol. The molecular formula is C26H41N7O8. The van der Waals surface area contributed by atoms with Gasteiger partial charge in [-0.05, 0) is 49.3 Å². The highest BCUT2D eigenvalue weighted by Gasteiger charge is 2.31. The maximum absolute atomic E-state index is 13.3. The van der Waals surface area contributed by atoms with Gasteiger partial charge in [0.15, 0.2) is 5.96 Å². The van der Waals surface area contributed by atoms with Crippen molar-refractivity contribution >= 4 is 35.6 Å². The van der Waals surface area contributed by atoms with Crippen molar-refractivity contribution < 1.29 is 39.3 Å². The Kier molecular flexibility index (Phi) is 14.6. The van der Waals surface area contributed by atoms with Gasteiger partial charge in [0.05, 0.1) is 6.04 Å². The van der Waals surface area contributed by atoms with Crippen molar-refractivity contribution in [3.63, 3.8) is 0 Å². The number of rotatable bonds is 18. The molecule has 0 bridgehead atoms. The second-order valence-electron chi connectivity index (χ2n) is 10.0. The smallest absolute Gasteiger partial charge is 0.326 e. The van der Waals surface area contributed by atoms with Gasteiger partial charge in [0.1, 0.15) is 23.9 Å². The third kappa shape index (κ3) is 14.0. The highest BCUT2D eigenvalue weighted by atomic mass is 16.4. The molecule has 3 amide bonds.